The number of anilines is 3. The van der Waals surface area contributed by atoms with Crippen LogP contribution in [0.5, 0.6) is 0 Å². The monoisotopic (exact) mass is 383 g/mol. The fourth-order valence-electron chi connectivity index (χ4n) is 2.46. The SMILES string of the molecule is COC(=O)c1ccccc1Nc1cc(C(=O)Nc2c(F)cccc2F)ccn1. The number of methoxy groups -OCH3 is 1. The third-order valence-corrected chi connectivity index (χ3v) is 3.82. The average Bonchev–Trinajstić information content (AvgIpc) is 2.71. The molecule has 8 heteroatoms. The minimum Gasteiger partial charge on any atom is -0.465 e. The normalized spacial score (nSPS) is 10.2. The number of benzene rings is 2. The second-order valence-electron chi connectivity index (χ2n) is 5.64. The van der Waals surface area contributed by atoms with E-state index in [1.54, 1.807) is 24.3 Å². The van der Waals surface area contributed by atoms with E-state index in [-0.39, 0.29) is 16.9 Å². The topological polar surface area (TPSA) is 80.3 Å². The molecule has 3 rings (SSSR count). The summed E-state index contributed by atoms with van der Waals surface area (Å²) in [6.07, 6.45) is 1.36. The zero-order chi connectivity index (χ0) is 20.1. The lowest BCUT2D eigenvalue weighted by Gasteiger charge is -2.11. The minimum absolute atomic E-state index is 0.121. The van der Waals surface area contributed by atoms with Crippen LogP contribution in [-0.4, -0.2) is 24.0 Å². The van der Waals surface area contributed by atoms with Gasteiger partial charge >= 0.3 is 5.97 Å². The summed E-state index contributed by atoms with van der Waals surface area (Å²) >= 11 is 0. The van der Waals surface area contributed by atoms with Gasteiger partial charge in [-0.15, -0.1) is 0 Å². The molecule has 0 bridgehead atoms. The molecule has 0 aliphatic carbocycles. The fraction of sp³-hybridized carbons (Fsp3) is 0.0500. The molecule has 0 fully saturated rings. The number of hydrogen-bond donors (Lipinski definition) is 2. The van der Waals surface area contributed by atoms with Gasteiger partial charge in [-0.05, 0) is 36.4 Å². The van der Waals surface area contributed by atoms with Crippen LogP contribution in [0, 0.1) is 11.6 Å². The van der Waals surface area contributed by atoms with Crippen LogP contribution < -0.4 is 10.6 Å². The van der Waals surface area contributed by atoms with Crippen LogP contribution in [-0.2, 0) is 4.74 Å². The Bertz CT molecular complexity index is 1020. The van der Waals surface area contributed by atoms with Gasteiger partial charge in [0.25, 0.3) is 5.91 Å². The number of rotatable bonds is 5. The van der Waals surface area contributed by atoms with Crippen molar-refractivity contribution >= 4 is 29.1 Å². The van der Waals surface area contributed by atoms with Crippen LogP contribution in [0.2, 0.25) is 0 Å². The quantitative estimate of drug-likeness (QED) is 0.647. The van der Waals surface area contributed by atoms with E-state index in [0.717, 1.165) is 12.1 Å². The molecule has 3 aromatic rings. The summed E-state index contributed by atoms with van der Waals surface area (Å²) in [5, 5.41) is 5.14. The van der Waals surface area contributed by atoms with E-state index in [1.807, 2.05) is 0 Å². The smallest absolute Gasteiger partial charge is 0.339 e. The van der Waals surface area contributed by atoms with E-state index in [4.69, 9.17) is 4.74 Å². The Morgan fingerprint density at radius 2 is 1.71 bits per heavy atom. The number of para-hydroxylation sites is 2. The van der Waals surface area contributed by atoms with Crippen LogP contribution in [0.4, 0.5) is 26.0 Å². The molecule has 1 aromatic heterocycles. The predicted octanol–water partition coefficient (Wildman–Crippen LogP) is 4.14. The molecule has 142 valence electrons. The van der Waals surface area contributed by atoms with Gasteiger partial charge in [-0.25, -0.2) is 18.6 Å². The molecule has 1 amide bonds. The first-order valence-corrected chi connectivity index (χ1v) is 8.15. The van der Waals surface area contributed by atoms with Crippen molar-refractivity contribution in [3.63, 3.8) is 0 Å². The standard InChI is InChI=1S/C20H15F2N3O3/c1-28-20(27)13-5-2-3-8-16(13)24-17-11-12(9-10-23-17)19(26)25-18-14(21)6-4-7-15(18)22/h2-11H,1H3,(H,23,24)(H,25,26). The van der Waals surface area contributed by atoms with Crippen molar-refractivity contribution in [3.8, 4) is 0 Å². The Morgan fingerprint density at radius 3 is 2.43 bits per heavy atom. The second-order valence-corrected chi connectivity index (χ2v) is 5.64. The number of carbonyl (C=O) groups is 2. The molecule has 2 N–H and O–H groups in total. The van der Waals surface area contributed by atoms with Crippen molar-refractivity contribution < 1.29 is 23.1 Å². The number of ether oxygens (including phenoxy) is 1. The maximum atomic E-state index is 13.7. The molecule has 0 radical (unpaired) electrons. The summed E-state index contributed by atoms with van der Waals surface area (Å²) in [6.45, 7) is 0. The highest BCUT2D eigenvalue weighted by molar-refractivity contribution is 6.05. The van der Waals surface area contributed by atoms with Gasteiger partial charge in [-0.2, -0.15) is 0 Å². The molecule has 0 aliphatic rings. The lowest BCUT2D eigenvalue weighted by Crippen LogP contribution is -2.15. The van der Waals surface area contributed by atoms with Crippen LogP contribution in [0.15, 0.2) is 60.8 Å². The van der Waals surface area contributed by atoms with Gasteiger partial charge in [0.15, 0.2) is 0 Å². The molecular formula is C20H15F2N3O3. The van der Waals surface area contributed by atoms with Crippen molar-refractivity contribution in [1.29, 1.82) is 0 Å². The number of aromatic nitrogens is 1. The van der Waals surface area contributed by atoms with Crippen molar-refractivity contribution in [2.45, 2.75) is 0 Å². The number of hydrogen-bond acceptors (Lipinski definition) is 5. The third-order valence-electron chi connectivity index (χ3n) is 3.82. The number of carbonyl (C=O) groups excluding carboxylic acids is 2. The van der Waals surface area contributed by atoms with Gasteiger partial charge in [0.05, 0.1) is 18.4 Å². The number of nitrogens with one attached hydrogen (secondary N) is 2. The third kappa shape index (κ3) is 4.12. The van der Waals surface area contributed by atoms with Crippen molar-refractivity contribution in [2.75, 3.05) is 17.7 Å². The molecule has 28 heavy (non-hydrogen) atoms. The molecule has 1 heterocycles. The number of halogens is 2. The largest absolute Gasteiger partial charge is 0.465 e. The molecule has 6 nitrogen and oxygen atoms in total. The van der Waals surface area contributed by atoms with Crippen molar-refractivity contribution in [1.82, 2.24) is 4.98 Å². The second kappa shape index (κ2) is 8.26. The number of pyridine rings is 1. The minimum atomic E-state index is -0.882. The lowest BCUT2D eigenvalue weighted by atomic mass is 10.1. The Hall–Kier alpha value is -3.81. The van der Waals surface area contributed by atoms with E-state index in [2.05, 4.69) is 15.6 Å². The average molecular weight is 383 g/mol. The van der Waals surface area contributed by atoms with E-state index < -0.39 is 29.2 Å². The van der Waals surface area contributed by atoms with Gasteiger partial charge in [0, 0.05) is 11.8 Å². The van der Waals surface area contributed by atoms with Crippen molar-refractivity contribution in [2.24, 2.45) is 0 Å². The summed E-state index contributed by atoms with van der Waals surface area (Å²) in [5.74, 6) is -2.75. The van der Waals surface area contributed by atoms with E-state index in [0.29, 0.717) is 5.69 Å². The summed E-state index contributed by atoms with van der Waals surface area (Å²) in [4.78, 5) is 28.3. The van der Waals surface area contributed by atoms with E-state index >= 15 is 0 Å². The maximum absolute atomic E-state index is 13.7. The predicted molar refractivity (Wildman–Crippen MR) is 99.6 cm³/mol. The molecule has 2 aromatic carbocycles. The Kier molecular flexibility index (Phi) is 5.59. The highest BCUT2D eigenvalue weighted by Crippen LogP contribution is 2.22. The van der Waals surface area contributed by atoms with Gasteiger partial charge in [-0.3, -0.25) is 4.79 Å². The molecule has 0 aliphatic heterocycles. The summed E-state index contributed by atoms with van der Waals surface area (Å²) in [5.41, 5.74) is 0.306. The Balaban J connectivity index is 1.83. The number of nitrogens with zero attached hydrogens (tertiary/aromatic N) is 1. The molecule has 0 atom stereocenters. The Morgan fingerprint density at radius 1 is 1.00 bits per heavy atom. The Labute approximate surface area is 159 Å². The van der Waals surface area contributed by atoms with Crippen molar-refractivity contribution in [3.05, 3.63) is 83.6 Å². The number of esters is 1. The van der Waals surface area contributed by atoms with Gasteiger partial charge in [0.2, 0.25) is 0 Å². The first-order valence-electron chi connectivity index (χ1n) is 8.15. The zero-order valence-corrected chi connectivity index (χ0v) is 14.7. The maximum Gasteiger partial charge on any atom is 0.339 e. The van der Waals surface area contributed by atoms with Crippen LogP contribution in [0.1, 0.15) is 20.7 Å². The van der Waals surface area contributed by atoms with Gasteiger partial charge in [0.1, 0.15) is 23.1 Å². The van der Waals surface area contributed by atoms with Crippen LogP contribution in [0.3, 0.4) is 0 Å². The number of amides is 1. The summed E-state index contributed by atoms with van der Waals surface area (Å²) < 4.78 is 32.2. The lowest BCUT2D eigenvalue weighted by molar-refractivity contribution is 0.0601. The first kappa shape index (κ1) is 19.0. The molecule has 0 unspecified atom stereocenters. The molecule has 0 spiro atoms. The van der Waals surface area contributed by atoms with Gasteiger partial charge < -0.3 is 15.4 Å². The van der Waals surface area contributed by atoms with Crippen LogP contribution >= 0.6 is 0 Å². The molecule has 0 saturated heterocycles. The highest BCUT2D eigenvalue weighted by Gasteiger charge is 2.15. The zero-order valence-electron chi connectivity index (χ0n) is 14.7. The van der Waals surface area contributed by atoms with Gasteiger partial charge in [-0.1, -0.05) is 18.2 Å². The molecule has 0 saturated carbocycles. The van der Waals surface area contributed by atoms with Crippen LogP contribution in [0.25, 0.3) is 0 Å². The first-order chi connectivity index (χ1) is 13.5. The summed E-state index contributed by atoms with van der Waals surface area (Å²) in [7, 11) is 1.27. The van der Waals surface area contributed by atoms with E-state index in [9.17, 15) is 18.4 Å². The molecular weight excluding hydrogens is 368 g/mol. The summed E-state index contributed by atoms with van der Waals surface area (Å²) in [6, 6.07) is 12.7. The van der Waals surface area contributed by atoms with E-state index in [1.165, 1.54) is 31.5 Å². The highest BCUT2D eigenvalue weighted by atomic mass is 19.1. The fourth-order valence-corrected chi connectivity index (χ4v) is 2.46.